The van der Waals surface area contributed by atoms with Crippen molar-refractivity contribution in [1.29, 1.82) is 0 Å². The van der Waals surface area contributed by atoms with E-state index in [2.05, 4.69) is 43.4 Å². The number of carbonyl (C=O) groups is 1. The van der Waals surface area contributed by atoms with Crippen molar-refractivity contribution in [1.82, 2.24) is 5.32 Å². The third-order valence-corrected chi connectivity index (χ3v) is 2.74. The third-order valence-electron chi connectivity index (χ3n) is 2.74. The molecule has 1 aromatic carbocycles. The van der Waals surface area contributed by atoms with Crippen molar-refractivity contribution >= 4 is 5.91 Å². The molecule has 2 N–H and O–H groups in total. The number of aliphatic hydroxyl groups excluding tert-OH is 1. The predicted molar refractivity (Wildman–Crippen MR) is 68.9 cm³/mol. The lowest BCUT2D eigenvalue weighted by Gasteiger charge is -2.08. The van der Waals surface area contributed by atoms with E-state index in [1.54, 1.807) is 0 Å². The maximum absolute atomic E-state index is 11.1. The summed E-state index contributed by atoms with van der Waals surface area (Å²) in [6.45, 7) is 6.35. The van der Waals surface area contributed by atoms with Gasteiger partial charge >= 0.3 is 0 Å². The fourth-order valence-electron chi connectivity index (χ4n) is 1.55. The standard InChI is InChI=1S/C14H21NO2/c1-10(2)13-6-4-12(5-7-13)8-9-15-14(17)11(3)16/h4-7,10-11,16H,8-9H2,1-3H3,(H,15,17). The van der Waals surface area contributed by atoms with E-state index in [1.807, 2.05) is 0 Å². The first kappa shape index (κ1) is 13.7. The van der Waals surface area contributed by atoms with Gasteiger partial charge in [0.25, 0.3) is 0 Å². The Morgan fingerprint density at radius 2 is 1.82 bits per heavy atom. The van der Waals surface area contributed by atoms with Crippen LogP contribution in [0.4, 0.5) is 0 Å². The summed E-state index contributed by atoms with van der Waals surface area (Å²) in [7, 11) is 0. The summed E-state index contributed by atoms with van der Waals surface area (Å²) in [5.74, 6) is 0.225. The molecule has 0 saturated heterocycles. The summed E-state index contributed by atoms with van der Waals surface area (Å²) in [6, 6.07) is 8.42. The van der Waals surface area contributed by atoms with E-state index >= 15 is 0 Å². The molecule has 0 spiro atoms. The summed E-state index contributed by atoms with van der Waals surface area (Å²) in [4.78, 5) is 11.1. The number of amides is 1. The highest BCUT2D eigenvalue weighted by Gasteiger charge is 2.06. The smallest absolute Gasteiger partial charge is 0.248 e. The van der Waals surface area contributed by atoms with Crippen LogP contribution in [0.3, 0.4) is 0 Å². The largest absolute Gasteiger partial charge is 0.384 e. The minimum Gasteiger partial charge on any atom is -0.384 e. The lowest BCUT2D eigenvalue weighted by molar-refractivity contribution is -0.128. The third kappa shape index (κ3) is 4.57. The van der Waals surface area contributed by atoms with E-state index < -0.39 is 6.10 Å². The van der Waals surface area contributed by atoms with E-state index in [0.29, 0.717) is 12.5 Å². The SMILES string of the molecule is CC(O)C(=O)NCCc1ccc(C(C)C)cc1. The van der Waals surface area contributed by atoms with Crippen LogP contribution < -0.4 is 5.32 Å². The zero-order valence-electron chi connectivity index (χ0n) is 10.7. The van der Waals surface area contributed by atoms with Crippen LogP contribution in [0.25, 0.3) is 0 Å². The summed E-state index contributed by atoms with van der Waals surface area (Å²) in [5.41, 5.74) is 2.52. The van der Waals surface area contributed by atoms with Crippen LogP contribution in [0.15, 0.2) is 24.3 Å². The predicted octanol–water partition coefficient (Wildman–Crippen LogP) is 1.85. The molecule has 1 aromatic rings. The monoisotopic (exact) mass is 235 g/mol. The number of aliphatic hydroxyl groups is 1. The topological polar surface area (TPSA) is 49.3 Å². The zero-order chi connectivity index (χ0) is 12.8. The van der Waals surface area contributed by atoms with E-state index in [-0.39, 0.29) is 5.91 Å². The lowest BCUT2D eigenvalue weighted by atomic mass is 10.0. The van der Waals surface area contributed by atoms with Gasteiger partial charge in [-0.15, -0.1) is 0 Å². The molecule has 0 aliphatic rings. The number of hydrogen-bond donors (Lipinski definition) is 2. The van der Waals surface area contributed by atoms with Crippen LogP contribution in [0, 0.1) is 0 Å². The van der Waals surface area contributed by atoms with Crippen LogP contribution in [0.2, 0.25) is 0 Å². The van der Waals surface area contributed by atoms with Gasteiger partial charge in [-0.3, -0.25) is 4.79 Å². The number of hydrogen-bond acceptors (Lipinski definition) is 2. The van der Waals surface area contributed by atoms with E-state index in [1.165, 1.54) is 18.1 Å². The molecule has 0 saturated carbocycles. The van der Waals surface area contributed by atoms with Crippen molar-refractivity contribution in [2.24, 2.45) is 0 Å². The van der Waals surface area contributed by atoms with E-state index in [9.17, 15) is 4.79 Å². The van der Waals surface area contributed by atoms with Gasteiger partial charge in [0.1, 0.15) is 6.10 Å². The minimum atomic E-state index is -0.932. The average molecular weight is 235 g/mol. The average Bonchev–Trinajstić information content (AvgIpc) is 2.29. The number of rotatable bonds is 5. The number of carbonyl (C=O) groups excluding carboxylic acids is 1. The van der Waals surface area contributed by atoms with Crippen molar-refractivity contribution in [2.75, 3.05) is 6.54 Å². The fraction of sp³-hybridized carbons (Fsp3) is 0.500. The first-order valence-electron chi connectivity index (χ1n) is 6.05. The molecule has 0 aliphatic heterocycles. The van der Waals surface area contributed by atoms with Gasteiger partial charge in [-0.25, -0.2) is 0 Å². The van der Waals surface area contributed by atoms with Crippen LogP contribution in [-0.4, -0.2) is 23.7 Å². The molecule has 0 fully saturated rings. The van der Waals surface area contributed by atoms with Gasteiger partial charge < -0.3 is 10.4 Å². The van der Waals surface area contributed by atoms with Gasteiger partial charge in [0.2, 0.25) is 5.91 Å². The molecule has 1 unspecified atom stereocenters. The van der Waals surface area contributed by atoms with Gasteiger partial charge in [0.15, 0.2) is 0 Å². The van der Waals surface area contributed by atoms with E-state index in [4.69, 9.17) is 5.11 Å². The Balaban J connectivity index is 2.40. The minimum absolute atomic E-state index is 0.316. The summed E-state index contributed by atoms with van der Waals surface area (Å²) >= 11 is 0. The Labute approximate surface area is 103 Å². The zero-order valence-corrected chi connectivity index (χ0v) is 10.7. The Morgan fingerprint density at radius 1 is 1.24 bits per heavy atom. The normalized spacial score (nSPS) is 12.5. The Morgan fingerprint density at radius 3 is 2.29 bits per heavy atom. The van der Waals surface area contributed by atoms with Gasteiger partial charge in [-0.2, -0.15) is 0 Å². The van der Waals surface area contributed by atoms with Crippen molar-refractivity contribution < 1.29 is 9.90 Å². The second kappa shape index (κ2) is 6.40. The highest BCUT2D eigenvalue weighted by Crippen LogP contribution is 2.14. The van der Waals surface area contributed by atoms with Crippen LogP contribution in [0.5, 0.6) is 0 Å². The maximum atomic E-state index is 11.1. The highest BCUT2D eigenvalue weighted by atomic mass is 16.3. The quantitative estimate of drug-likeness (QED) is 0.818. The second-order valence-corrected chi connectivity index (χ2v) is 4.61. The van der Waals surface area contributed by atoms with Gasteiger partial charge in [-0.05, 0) is 30.4 Å². The molecule has 0 heterocycles. The Bertz CT molecular complexity index is 355. The lowest BCUT2D eigenvalue weighted by Crippen LogP contribution is -2.33. The molecule has 0 aromatic heterocycles. The number of benzene rings is 1. The molecular weight excluding hydrogens is 214 g/mol. The van der Waals surface area contributed by atoms with Gasteiger partial charge in [-0.1, -0.05) is 38.1 Å². The molecule has 17 heavy (non-hydrogen) atoms. The van der Waals surface area contributed by atoms with E-state index in [0.717, 1.165) is 6.42 Å². The van der Waals surface area contributed by atoms with Crippen LogP contribution >= 0.6 is 0 Å². The molecule has 3 nitrogen and oxygen atoms in total. The first-order valence-corrected chi connectivity index (χ1v) is 6.05. The Hall–Kier alpha value is -1.35. The molecule has 1 rings (SSSR count). The van der Waals surface area contributed by atoms with Crippen molar-refractivity contribution in [3.05, 3.63) is 35.4 Å². The molecule has 3 heteroatoms. The summed E-state index contributed by atoms with van der Waals surface area (Å²) in [6.07, 6.45) is -0.144. The molecular formula is C14H21NO2. The molecule has 0 aliphatic carbocycles. The van der Waals surface area contributed by atoms with Crippen LogP contribution in [-0.2, 0) is 11.2 Å². The van der Waals surface area contributed by atoms with Gasteiger partial charge in [0.05, 0.1) is 0 Å². The number of nitrogens with one attached hydrogen (secondary N) is 1. The summed E-state index contributed by atoms with van der Waals surface area (Å²) < 4.78 is 0. The second-order valence-electron chi connectivity index (χ2n) is 4.61. The van der Waals surface area contributed by atoms with Gasteiger partial charge in [0, 0.05) is 6.54 Å². The Kier molecular flexibility index (Phi) is 5.16. The van der Waals surface area contributed by atoms with Crippen LogP contribution in [0.1, 0.15) is 37.8 Å². The molecule has 0 bridgehead atoms. The van der Waals surface area contributed by atoms with Crippen molar-refractivity contribution in [3.8, 4) is 0 Å². The van der Waals surface area contributed by atoms with Crippen molar-refractivity contribution in [3.63, 3.8) is 0 Å². The first-order chi connectivity index (χ1) is 8.00. The highest BCUT2D eigenvalue weighted by molar-refractivity contribution is 5.79. The summed E-state index contributed by atoms with van der Waals surface area (Å²) in [5, 5.41) is 11.7. The molecule has 94 valence electrons. The molecule has 1 atom stereocenters. The molecule has 0 radical (unpaired) electrons. The van der Waals surface area contributed by atoms with Crippen molar-refractivity contribution in [2.45, 2.75) is 39.2 Å². The maximum Gasteiger partial charge on any atom is 0.248 e. The fourth-order valence-corrected chi connectivity index (χ4v) is 1.55. The molecule has 1 amide bonds.